The minimum Gasteiger partial charge on any atom is -0.290 e. The van der Waals surface area contributed by atoms with Gasteiger partial charge < -0.3 is 0 Å². The van der Waals surface area contributed by atoms with E-state index < -0.39 is 0 Å². The Hall–Kier alpha value is -1.55. The van der Waals surface area contributed by atoms with E-state index in [1.807, 2.05) is 18.2 Å². The summed E-state index contributed by atoms with van der Waals surface area (Å²) in [7, 11) is 0. The van der Waals surface area contributed by atoms with Gasteiger partial charge in [-0.05, 0) is 12.1 Å². The first kappa shape index (κ1) is 9.98. The van der Waals surface area contributed by atoms with E-state index in [0.717, 1.165) is 0 Å². The lowest BCUT2D eigenvalue weighted by atomic mass is 10.2. The molecule has 0 aromatic heterocycles. The summed E-state index contributed by atoms with van der Waals surface area (Å²) in [5.74, 6) is 0.562. The minimum atomic E-state index is -0.0343. The number of carbonyl (C=O) groups excluding carboxylic acids is 1. The minimum absolute atomic E-state index is 0.0343. The quantitative estimate of drug-likeness (QED) is 0.705. The SMILES string of the molecule is O=C(c1ccccc1)N1CCN=C1C=S. The van der Waals surface area contributed by atoms with Crippen molar-refractivity contribution < 1.29 is 4.79 Å². The van der Waals surface area contributed by atoms with Crippen LogP contribution in [0.1, 0.15) is 10.4 Å². The number of hydrogen-bond donors (Lipinski definition) is 0. The van der Waals surface area contributed by atoms with Crippen LogP contribution in [0.3, 0.4) is 0 Å². The van der Waals surface area contributed by atoms with Crippen LogP contribution < -0.4 is 0 Å². The maximum absolute atomic E-state index is 12.0. The van der Waals surface area contributed by atoms with E-state index in [1.54, 1.807) is 17.0 Å². The second kappa shape index (κ2) is 4.31. The van der Waals surface area contributed by atoms with E-state index in [4.69, 9.17) is 12.2 Å². The van der Waals surface area contributed by atoms with Crippen molar-refractivity contribution in [2.75, 3.05) is 13.1 Å². The van der Waals surface area contributed by atoms with Crippen LogP contribution in [0.5, 0.6) is 0 Å². The number of rotatable bonds is 2. The highest BCUT2D eigenvalue weighted by atomic mass is 32.1. The van der Waals surface area contributed by atoms with Crippen molar-refractivity contribution in [1.82, 2.24) is 4.90 Å². The second-order valence-corrected chi connectivity index (χ2v) is 3.42. The Morgan fingerprint density at radius 2 is 2.13 bits per heavy atom. The molecule has 2 rings (SSSR count). The normalized spacial score (nSPS) is 14.9. The first-order chi connectivity index (χ1) is 7.33. The van der Waals surface area contributed by atoms with Crippen LogP contribution >= 0.6 is 12.2 Å². The monoisotopic (exact) mass is 218 g/mol. The molecule has 0 saturated carbocycles. The van der Waals surface area contributed by atoms with E-state index >= 15 is 0 Å². The summed E-state index contributed by atoms with van der Waals surface area (Å²) in [6, 6.07) is 9.16. The number of hydrogen-bond acceptors (Lipinski definition) is 3. The molecule has 1 aliphatic heterocycles. The predicted molar refractivity (Wildman–Crippen MR) is 63.4 cm³/mol. The van der Waals surface area contributed by atoms with Gasteiger partial charge in [0.15, 0.2) is 0 Å². The molecule has 0 spiro atoms. The van der Waals surface area contributed by atoms with E-state index in [0.29, 0.717) is 24.5 Å². The Bertz CT molecular complexity index is 414. The number of amides is 1. The van der Waals surface area contributed by atoms with Gasteiger partial charge in [0.1, 0.15) is 5.84 Å². The van der Waals surface area contributed by atoms with Gasteiger partial charge in [0.05, 0.1) is 6.54 Å². The van der Waals surface area contributed by atoms with Gasteiger partial charge in [0.25, 0.3) is 5.91 Å². The molecule has 0 aliphatic carbocycles. The zero-order valence-electron chi connectivity index (χ0n) is 8.09. The van der Waals surface area contributed by atoms with Crippen molar-refractivity contribution in [2.24, 2.45) is 4.99 Å². The predicted octanol–water partition coefficient (Wildman–Crippen LogP) is 1.54. The van der Waals surface area contributed by atoms with Gasteiger partial charge in [-0.3, -0.25) is 14.7 Å². The summed E-state index contributed by atoms with van der Waals surface area (Å²) >= 11 is 4.81. The lowest BCUT2D eigenvalue weighted by molar-refractivity contribution is 0.0860. The summed E-state index contributed by atoms with van der Waals surface area (Å²) in [6.07, 6.45) is 0. The van der Waals surface area contributed by atoms with Crippen LogP contribution in [0.2, 0.25) is 0 Å². The third-order valence-electron chi connectivity index (χ3n) is 2.25. The number of benzene rings is 1. The Labute approximate surface area is 93.4 Å². The van der Waals surface area contributed by atoms with Crippen LogP contribution in [-0.2, 0) is 0 Å². The summed E-state index contributed by atoms with van der Waals surface area (Å²) in [4.78, 5) is 17.8. The van der Waals surface area contributed by atoms with Gasteiger partial charge in [-0.1, -0.05) is 30.4 Å². The molecule has 0 N–H and O–H groups in total. The fourth-order valence-corrected chi connectivity index (χ4v) is 1.71. The molecule has 1 amide bonds. The lowest BCUT2D eigenvalue weighted by Gasteiger charge is -2.15. The molecule has 1 aromatic rings. The molecule has 1 aliphatic rings. The van der Waals surface area contributed by atoms with Gasteiger partial charge in [-0.25, -0.2) is 0 Å². The smallest absolute Gasteiger partial charge is 0.259 e. The van der Waals surface area contributed by atoms with Gasteiger partial charge in [-0.15, -0.1) is 0 Å². The van der Waals surface area contributed by atoms with Crippen LogP contribution in [-0.4, -0.2) is 35.1 Å². The highest BCUT2D eigenvalue weighted by molar-refractivity contribution is 7.80. The zero-order chi connectivity index (χ0) is 10.7. The molecule has 0 saturated heterocycles. The van der Waals surface area contributed by atoms with Crippen LogP contribution in [0.25, 0.3) is 0 Å². The van der Waals surface area contributed by atoms with Crippen molar-refractivity contribution in [2.45, 2.75) is 0 Å². The number of thiocarbonyl (C=S) groups is 1. The first-order valence-electron chi connectivity index (χ1n) is 4.69. The third-order valence-corrected chi connectivity index (χ3v) is 2.46. The average Bonchev–Trinajstić information content (AvgIpc) is 2.77. The topological polar surface area (TPSA) is 32.7 Å². The maximum atomic E-state index is 12.0. The highest BCUT2D eigenvalue weighted by Crippen LogP contribution is 2.08. The fraction of sp³-hybridized carbons (Fsp3) is 0.182. The third kappa shape index (κ3) is 1.94. The van der Waals surface area contributed by atoms with Crippen molar-refractivity contribution in [3.63, 3.8) is 0 Å². The molecule has 0 unspecified atom stereocenters. The standard InChI is InChI=1S/C11H10N2OS/c14-11(9-4-2-1-3-5-9)13-7-6-12-10(13)8-15/h1-5,8H,6-7H2. The van der Waals surface area contributed by atoms with E-state index in [2.05, 4.69) is 4.99 Å². The van der Waals surface area contributed by atoms with E-state index in [-0.39, 0.29) is 5.91 Å². The number of aliphatic imine (C=N–C) groups is 1. The van der Waals surface area contributed by atoms with E-state index in [9.17, 15) is 4.79 Å². The fourth-order valence-electron chi connectivity index (χ4n) is 1.51. The average molecular weight is 218 g/mol. The van der Waals surface area contributed by atoms with E-state index in [1.165, 1.54) is 5.37 Å². The molecule has 4 heteroatoms. The Kier molecular flexibility index (Phi) is 2.87. The summed E-state index contributed by atoms with van der Waals surface area (Å²) in [5.41, 5.74) is 0.670. The van der Waals surface area contributed by atoms with Crippen LogP contribution in [0, 0.1) is 0 Å². The van der Waals surface area contributed by atoms with Crippen LogP contribution in [0.4, 0.5) is 0 Å². The zero-order valence-corrected chi connectivity index (χ0v) is 8.91. The first-order valence-corrected chi connectivity index (χ1v) is 5.16. The molecule has 1 aromatic carbocycles. The molecule has 0 fully saturated rings. The number of amidine groups is 1. The summed E-state index contributed by atoms with van der Waals surface area (Å²) in [5, 5.41) is 1.45. The van der Waals surface area contributed by atoms with Crippen molar-refractivity contribution in [1.29, 1.82) is 0 Å². The number of carbonyl (C=O) groups is 1. The lowest BCUT2D eigenvalue weighted by Crippen LogP contribution is -2.34. The molecule has 0 atom stereocenters. The van der Waals surface area contributed by atoms with Gasteiger partial charge >= 0.3 is 0 Å². The van der Waals surface area contributed by atoms with Crippen molar-refractivity contribution in [3.8, 4) is 0 Å². The Morgan fingerprint density at radius 3 is 2.80 bits per heavy atom. The van der Waals surface area contributed by atoms with Gasteiger partial charge in [0.2, 0.25) is 0 Å². The molecule has 0 bridgehead atoms. The molecular formula is C11H10N2OS. The molecule has 1 heterocycles. The Morgan fingerprint density at radius 1 is 1.40 bits per heavy atom. The highest BCUT2D eigenvalue weighted by Gasteiger charge is 2.22. The second-order valence-electron chi connectivity index (χ2n) is 3.18. The largest absolute Gasteiger partial charge is 0.290 e. The molecule has 0 radical (unpaired) electrons. The van der Waals surface area contributed by atoms with Crippen molar-refractivity contribution in [3.05, 3.63) is 35.9 Å². The Balaban J connectivity index is 2.23. The molecule has 76 valence electrons. The summed E-state index contributed by atoms with van der Waals surface area (Å²) in [6.45, 7) is 1.26. The van der Waals surface area contributed by atoms with Gasteiger partial charge in [0, 0.05) is 17.5 Å². The molecular weight excluding hydrogens is 208 g/mol. The van der Waals surface area contributed by atoms with Gasteiger partial charge in [-0.2, -0.15) is 0 Å². The molecule has 15 heavy (non-hydrogen) atoms. The summed E-state index contributed by atoms with van der Waals surface area (Å²) < 4.78 is 0. The number of nitrogens with zero attached hydrogens (tertiary/aromatic N) is 2. The molecule has 3 nitrogen and oxygen atoms in total. The van der Waals surface area contributed by atoms with Crippen molar-refractivity contribution >= 4 is 29.3 Å². The maximum Gasteiger partial charge on any atom is 0.259 e. The van der Waals surface area contributed by atoms with Crippen LogP contribution in [0.15, 0.2) is 35.3 Å².